The van der Waals surface area contributed by atoms with Gasteiger partial charge in [0.25, 0.3) is 35.4 Å². The number of aliphatic carboxylic acids is 2. The highest BCUT2D eigenvalue weighted by Crippen LogP contribution is 2.26. The zero-order chi connectivity index (χ0) is 88.2. The normalized spacial score (nSPS) is 14.7. The first kappa shape index (κ1) is 99.2. The van der Waals surface area contributed by atoms with Gasteiger partial charge in [0.15, 0.2) is 34.6 Å². The highest BCUT2D eigenvalue weighted by atomic mass is 16.6. The second-order valence-electron chi connectivity index (χ2n) is 31.4. The molecule has 3 aromatic rings. The molecule has 6 N–H and O–H groups in total. The molecule has 632 valence electrons. The Morgan fingerprint density at radius 3 is 0.949 bits per heavy atom. The summed E-state index contributed by atoms with van der Waals surface area (Å²) in [7, 11) is 0. The van der Waals surface area contributed by atoms with E-state index < -0.39 is 100 Å². The van der Waals surface area contributed by atoms with Crippen LogP contribution in [0.4, 0.5) is 0 Å². The lowest BCUT2D eigenvalue weighted by Gasteiger charge is -2.25. The number of hydrogen-bond acceptors (Lipinski definition) is 24. The SMILES string of the molecule is CC(CC(=O)[C@@H](N)C(C)C)C(=O)OC(C)(C)C.CC(CC(=O)[C@@H](NC(=O)CCCCCN1C(=O)C=C(Oc2ccc(C#N)cc2)C1=O)C(C)C)C(=O)O.CC(CC(=O)[C@@H](NC(=O)CCCCCN1C(=O)C=C(Oc2ccc(C#N)cc2)C1=O)C(C)C)C(=O)OC(C)(C)C.N#Cc1ccc(OC2=CC(=O)N(CCCCCC(=O)O)C2=O)cc1. The molecule has 0 fully saturated rings. The van der Waals surface area contributed by atoms with Crippen LogP contribution in [-0.2, 0) is 81.4 Å². The summed E-state index contributed by atoms with van der Waals surface area (Å²) in [5.74, 6) is -8.20. The van der Waals surface area contributed by atoms with Gasteiger partial charge in [-0.15, -0.1) is 0 Å². The van der Waals surface area contributed by atoms with Crippen LogP contribution in [0.15, 0.2) is 108 Å². The Hall–Kier alpha value is -12.0. The Morgan fingerprint density at radius 2 is 0.692 bits per heavy atom. The number of carboxylic acid groups (broad SMARTS) is 2. The van der Waals surface area contributed by atoms with Gasteiger partial charge in [-0.05, 0) is 171 Å². The molecule has 0 radical (unpaired) electrons. The van der Waals surface area contributed by atoms with Crippen LogP contribution < -0.4 is 30.6 Å². The Labute approximate surface area is 683 Å². The summed E-state index contributed by atoms with van der Waals surface area (Å²) in [5, 5.41) is 49.5. The summed E-state index contributed by atoms with van der Waals surface area (Å²) in [6.45, 7) is 27.1. The number of hydrogen-bond donors (Lipinski definition) is 5. The van der Waals surface area contributed by atoms with Crippen LogP contribution in [0.1, 0.15) is 217 Å². The van der Waals surface area contributed by atoms with Gasteiger partial charge in [0.1, 0.15) is 28.5 Å². The molecule has 3 aliphatic rings. The molecular weight excluding hydrogens is 1510 g/mol. The van der Waals surface area contributed by atoms with Gasteiger partial charge in [0.2, 0.25) is 11.8 Å². The van der Waals surface area contributed by atoms with Crippen molar-refractivity contribution < 1.29 is 106 Å². The molecule has 8 amide bonds. The van der Waals surface area contributed by atoms with Crippen molar-refractivity contribution in [2.75, 3.05) is 19.6 Å². The number of unbranched alkanes of at least 4 members (excludes halogenated alkanes) is 6. The quantitative estimate of drug-likeness (QED) is 0.0200. The third kappa shape index (κ3) is 35.7. The van der Waals surface area contributed by atoms with E-state index in [0.717, 1.165) is 32.9 Å². The second-order valence-corrected chi connectivity index (χ2v) is 31.4. The van der Waals surface area contributed by atoms with Gasteiger partial charge in [0, 0.05) is 58.2 Å². The number of imide groups is 3. The number of carbonyl (C=O) groups is 15. The molecule has 0 saturated heterocycles. The molecule has 0 spiro atoms. The van der Waals surface area contributed by atoms with Crippen LogP contribution in [0.3, 0.4) is 0 Å². The molecule has 31 heteroatoms. The number of nitrogens with zero attached hydrogens (tertiary/aromatic N) is 6. The molecule has 0 saturated carbocycles. The van der Waals surface area contributed by atoms with Crippen LogP contribution in [0.5, 0.6) is 17.2 Å². The van der Waals surface area contributed by atoms with E-state index in [4.69, 9.17) is 55.4 Å². The topological polar surface area (TPSA) is 474 Å². The van der Waals surface area contributed by atoms with Gasteiger partial charge >= 0.3 is 23.9 Å². The molecule has 6 rings (SSSR count). The zero-order valence-corrected chi connectivity index (χ0v) is 69.4. The van der Waals surface area contributed by atoms with E-state index in [2.05, 4.69) is 10.6 Å². The molecule has 3 heterocycles. The first-order valence-electron chi connectivity index (χ1n) is 38.9. The van der Waals surface area contributed by atoms with Crippen molar-refractivity contribution in [1.82, 2.24) is 25.3 Å². The number of nitrogens with one attached hydrogen (secondary N) is 2. The third-order valence-electron chi connectivity index (χ3n) is 17.7. The Bertz CT molecular complexity index is 4260. The maximum atomic E-state index is 12.8. The first-order chi connectivity index (χ1) is 54.8. The van der Waals surface area contributed by atoms with Crippen molar-refractivity contribution in [1.29, 1.82) is 15.8 Å². The molecule has 3 aliphatic heterocycles. The third-order valence-corrected chi connectivity index (χ3v) is 17.7. The Kier molecular flexibility index (Phi) is 41.0. The number of amides is 8. The average molecular weight is 1620 g/mol. The lowest BCUT2D eigenvalue weighted by Crippen LogP contribution is -2.45. The molecule has 6 atom stereocenters. The van der Waals surface area contributed by atoms with Crippen LogP contribution in [0.25, 0.3) is 0 Å². The summed E-state index contributed by atoms with van der Waals surface area (Å²) in [5.41, 5.74) is 5.93. The van der Waals surface area contributed by atoms with Gasteiger partial charge < -0.3 is 50.3 Å². The Morgan fingerprint density at radius 1 is 0.410 bits per heavy atom. The van der Waals surface area contributed by atoms with Gasteiger partial charge in [-0.25, -0.2) is 0 Å². The molecular formula is C86H111N9O22. The fraction of sp³-hybridized carbons (Fsp3) is 0.512. The number of rotatable bonds is 41. The monoisotopic (exact) mass is 1620 g/mol. The van der Waals surface area contributed by atoms with Gasteiger partial charge in [-0.1, -0.05) is 81.6 Å². The minimum atomic E-state index is -1.06. The standard InChI is InChI=1S/C30H39N3O7.C26H31N3O7.C17H16N2O5.C13H25NO3/c1-19(2)27(23(34)16-20(3)29(38)40-30(4,5)6)32-25(35)10-8-7-9-15-33-26(36)17-24(28(33)37)39-22-13-11-21(18-31)12-14-22;1-16(2)24(20(30)13-17(3)26(34)35)28-22(31)7-5-4-6-12-29-23(32)14-21(25(29)33)36-19-10-8-18(15-27)9-11-19;18-11-12-5-7-13(8-6-12)24-14-10-15(20)19(17(14)23)9-3-1-2-4-16(21)22;1-8(2)11(14)10(15)7-9(3)12(16)17-13(4,5)6/h11-14,17,19-20,27H,7-10,15-16H2,1-6H3,(H,32,35);8-11,14,16-17,24H,4-7,12-13H2,1-3H3,(H,28,31)(H,34,35);5-8,10H,1-4,9H2,(H,21,22);8-9,11H,7,14H2,1-6H3/t20?,27-;17?,24-;;9?,11-/m00.0/s1. The van der Waals surface area contributed by atoms with Crippen LogP contribution in [0, 0.1) is 69.5 Å². The second kappa shape index (κ2) is 48.4. The first-order valence-corrected chi connectivity index (χ1v) is 38.9. The molecule has 31 nitrogen and oxygen atoms in total. The lowest BCUT2D eigenvalue weighted by molar-refractivity contribution is -0.161. The van der Waals surface area contributed by atoms with Crippen LogP contribution >= 0.6 is 0 Å². The summed E-state index contributed by atoms with van der Waals surface area (Å²) in [6.07, 6.45) is 8.64. The predicted octanol–water partition coefficient (Wildman–Crippen LogP) is 10.1. The minimum absolute atomic E-state index is 0.0269. The molecule has 117 heavy (non-hydrogen) atoms. The summed E-state index contributed by atoms with van der Waals surface area (Å²) in [6, 6.07) is 22.5. The number of nitrogens with two attached hydrogens (primary N) is 1. The van der Waals surface area contributed by atoms with Gasteiger partial charge in [-0.3, -0.25) is 86.6 Å². The highest BCUT2D eigenvalue weighted by Gasteiger charge is 2.37. The van der Waals surface area contributed by atoms with Crippen molar-refractivity contribution in [2.24, 2.45) is 41.2 Å². The number of nitriles is 3. The van der Waals surface area contributed by atoms with E-state index in [9.17, 15) is 71.9 Å². The van der Waals surface area contributed by atoms with E-state index in [1.807, 2.05) is 45.9 Å². The number of benzene rings is 3. The maximum Gasteiger partial charge on any atom is 0.309 e. The number of carboxylic acids is 2. The lowest BCUT2D eigenvalue weighted by atomic mass is 9.93. The van der Waals surface area contributed by atoms with E-state index in [0.29, 0.717) is 91.7 Å². The van der Waals surface area contributed by atoms with Crippen molar-refractivity contribution in [3.05, 3.63) is 125 Å². The van der Waals surface area contributed by atoms with E-state index in [-0.39, 0.29) is 128 Å². The van der Waals surface area contributed by atoms with E-state index in [1.54, 1.807) is 130 Å². The molecule has 0 aliphatic carbocycles. The smallest absolute Gasteiger partial charge is 0.309 e. The maximum absolute atomic E-state index is 12.8. The van der Waals surface area contributed by atoms with Crippen molar-refractivity contribution in [3.63, 3.8) is 0 Å². The fourth-order valence-corrected chi connectivity index (χ4v) is 11.1. The van der Waals surface area contributed by atoms with E-state index in [1.165, 1.54) is 19.1 Å². The van der Waals surface area contributed by atoms with Crippen molar-refractivity contribution in [2.45, 2.75) is 229 Å². The number of ketones is 3. The molecule has 0 aromatic heterocycles. The van der Waals surface area contributed by atoms with Crippen molar-refractivity contribution in [3.8, 4) is 35.5 Å². The summed E-state index contributed by atoms with van der Waals surface area (Å²) >= 11 is 0. The van der Waals surface area contributed by atoms with E-state index >= 15 is 0 Å². The zero-order valence-electron chi connectivity index (χ0n) is 69.4. The number of esters is 2. The fourth-order valence-electron chi connectivity index (χ4n) is 11.1. The molecule has 0 bridgehead atoms. The average Bonchev–Trinajstić information content (AvgIpc) is 1.70. The van der Waals surface area contributed by atoms with Crippen LogP contribution in [0.2, 0.25) is 0 Å². The largest absolute Gasteiger partial charge is 0.481 e. The molecule has 3 aromatic carbocycles. The predicted molar refractivity (Wildman–Crippen MR) is 425 cm³/mol. The van der Waals surface area contributed by atoms with Crippen molar-refractivity contribution >= 4 is 88.5 Å². The van der Waals surface area contributed by atoms with Crippen LogP contribution in [-0.4, -0.2) is 162 Å². The number of Topliss-reactive ketones (excluding diaryl/α,β-unsaturated/α-hetero) is 3. The summed E-state index contributed by atoms with van der Waals surface area (Å²) in [4.78, 5) is 184. The summed E-state index contributed by atoms with van der Waals surface area (Å²) < 4.78 is 27.0. The number of carbonyl (C=O) groups excluding carboxylic acids is 13. The molecule has 3 unspecified atom stereocenters. The van der Waals surface area contributed by atoms with Gasteiger partial charge in [0.05, 0.1) is 89.0 Å². The Balaban J connectivity index is 0.000000422. The minimum Gasteiger partial charge on any atom is -0.481 e. The van der Waals surface area contributed by atoms with Gasteiger partial charge in [-0.2, -0.15) is 15.8 Å². The number of ether oxygens (including phenoxy) is 5. The highest BCUT2D eigenvalue weighted by molar-refractivity contribution is 6.16.